The van der Waals surface area contributed by atoms with E-state index in [2.05, 4.69) is 11.1 Å². The van der Waals surface area contributed by atoms with Crippen molar-refractivity contribution in [3.8, 4) is 0 Å². The number of aromatic amines is 1. The van der Waals surface area contributed by atoms with Gasteiger partial charge in [-0.1, -0.05) is 12.5 Å². The average Bonchev–Trinajstić information content (AvgIpc) is 2.72. The Balaban J connectivity index is 1.86. The zero-order valence-corrected chi connectivity index (χ0v) is 9.76. The second-order valence-corrected chi connectivity index (χ2v) is 5.03. The molecular formula is C14H18N2O. The van der Waals surface area contributed by atoms with Crippen LogP contribution in [-0.2, 0) is 0 Å². The smallest absolute Gasteiger partial charge is 0.0760 e. The molecule has 1 aromatic heterocycles. The van der Waals surface area contributed by atoms with E-state index in [1.807, 2.05) is 24.4 Å². The molecule has 0 spiro atoms. The summed E-state index contributed by atoms with van der Waals surface area (Å²) in [5.74, 6) is 0.395. The molecule has 17 heavy (non-hydrogen) atoms. The summed E-state index contributed by atoms with van der Waals surface area (Å²) in [6.07, 6.45) is 4.97. The highest BCUT2D eigenvalue weighted by molar-refractivity contribution is 5.80. The average molecular weight is 230 g/mol. The number of aliphatic hydroxyl groups is 1. The summed E-state index contributed by atoms with van der Waals surface area (Å²) in [5.41, 5.74) is 8.28. The van der Waals surface area contributed by atoms with Crippen LogP contribution in [0.25, 0.3) is 10.9 Å². The second kappa shape index (κ2) is 4.17. The van der Waals surface area contributed by atoms with E-state index in [4.69, 9.17) is 5.73 Å². The van der Waals surface area contributed by atoms with E-state index in [0.717, 1.165) is 29.3 Å². The SMILES string of the molecule is N[C@@H](c1ccc2[nH]ccc2c1)[C@H](O)C1CCC1. The summed E-state index contributed by atoms with van der Waals surface area (Å²) in [7, 11) is 0. The lowest BCUT2D eigenvalue weighted by molar-refractivity contribution is 0.0414. The molecule has 0 saturated heterocycles. The minimum Gasteiger partial charge on any atom is -0.391 e. The summed E-state index contributed by atoms with van der Waals surface area (Å²) in [6, 6.07) is 7.86. The Kier molecular flexibility index (Phi) is 2.65. The molecule has 4 N–H and O–H groups in total. The maximum absolute atomic E-state index is 10.2. The molecule has 1 fully saturated rings. The monoisotopic (exact) mass is 230 g/mol. The van der Waals surface area contributed by atoms with Crippen LogP contribution < -0.4 is 5.73 Å². The van der Waals surface area contributed by atoms with E-state index >= 15 is 0 Å². The molecule has 0 aliphatic heterocycles. The fourth-order valence-corrected chi connectivity index (χ4v) is 2.55. The van der Waals surface area contributed by atoms with Crippen LogP contribution in [0, 0.1) is 5.92 Å². The normalized spacial score (nSPS) is 20.1. The number of H-pyrrole nitrogens is 1. The zero-order valence-electron chi connectivity index (χ0n) is 9.76. The highest BCUT2D eigenvalue weighted by atomic mass is 16.3. The zero-order chi connectivity index (χ0) is 11.8. The van der Waals surface area contributed by atoms with Gasteiger partial charge in [-0.15, -0.1) is 0 Å². The molecule has 0 radical (unpaired) electrons. The molecule has 1 heterocycles. The molecule has 3 nitrogen and oxygen atoms in total. The Hall–Kier alpha value is -1.32. The molecule has 1 saturated carbocycles. The molecule has 3 rings (SSSR count). The maximum atomic E-state index is 10.2. The van der Waals surface area contributed by atoms with Crippen LogP contribution in [0.3, 0.4) is 0 Å². The summed E-state index contributed by atoms with van der Waals surface area (Å²) in [4.78, 5) is 3.16. The van der Waals surface area contributed by atoms with Crippen LogP contribution in [0.2, 0.25) is 0 Å². The molecule has 0 unspecified atom stereocenters. The van der Waals surface area contributed by atoms with Crippen molar-refractivity contribution in [2.45, 2.75) is 31.4 Å². The number of nitrogens with one attached hydrogen (secondary N) is 1. The van der Waals surface area contributed by atoms with Gasteiger partial charge in [0.1, 0.15) is 0 Å². The summed E-state index contributed by atoms with van der Waals surface area (Å²) in [5, 5.41) is 11.3. The predicted molar refractivity (Wildman–Crippen MR) is 68.6 cm³/mol. The first kappa shape index (κ1) is 10.8. The van der Waals surface area contributed by atoms with Crippen LogP contribution in [0.4, 0.5) is 0 Å². The lowest BCUT2D eigenvalue weighted by atomic mass is 9.77. The van der Waals surface area contributed by atoms with Crippen molar-refractivity contribution in [1.82, 2.24) is 4.98 Å². The van der Waals surface area contributed by atoms with Gasteiger partial charge in [0, 0.05) is 11.7 Å². The highest BCUT2D eigenvalue weighted by Gasteiger charge is 2.30. The minimum absolute atomic E-state index is 0.264. The van der Waals surface area contributed by atoms with Crippen LogP contribution in [0.5, 0.6) is 0 Å². The summed E-state index contributed by atoms with van der Waals surface area (Å²) in [6.45, 7) is 0. The number of hydrogen-bond donors (Lipinski definition) is 3. The Morgan fingerprint density at radius 2 is 2.12 bits per heavy atom. The van der Waals surface area contributed by atoms with Crippen LogP contribution in [0.15, 0.2) is 30.5 Å². The van der Waals surface area contributed by atoms with Crippen molar-refractivity contribution in [2.24, 2.45) is 11.7 Å². The van der Waals surface area contributed by atoms with Gasteiger partial charge in [-0.05, 0) is 47.9 Å². The minimum atomic E-state index is -0.403. The topological polar surface area (TPSA) is 62.0 Å². The first-order chi connectivity index (χ1) is 8.25. The fourth-order valence-electron chi connectivity index (χ4n) is 2.55. The van der Waals surface area contributed by atoms with E-state index in [9.17, 15) is 5.11 Å². The van der Waals surface area contributed by atoms with Crippen LogP contribution in [0.1, 0.15) is 30.9 Å². The Labute approximate surface area is 101 Å². The predicted octanol–water partition coefficient (Wildman–Crippen LogP) is 2.33. The van der Waals surface area contributed by atoms with Gasteiger partial charge in [-0.3, -0.25) is 0 Å². The summed E-state index contributed by atoms with van der Waals surface area (Å²) >= 11 is 0. The summed E-state index contributed by atoms with van der Waals surface area (Å²) < 4.78 is 0. The third-order valence-electron chi connectivity index (χ3n) is 3.96. The molecular weight excluding hydrogens is 212 g/mol. The largest absolute Gasteiger partial charge is 0.391 e. The van der Waals surface area contributed by atoms with Crippen molar-refractivity contribution in [3.05, 3.63) is 36.0 Å². The third-order valence-corrected chi connectivity index (χ3v) is 3.96. The third kappa shape index (κ3) is 1.85. The molecule has 2 atom stereocenters. The van der Waals surface area contributed by atoms with Gasteiger partial charge in [0.15, 0.2) is 0 Å². The van der Waals surface area contributed by atoms with Gasteiger partial charge >= 0.3 is 0 Å². The van der Waals surface area contributed by atoms with Crippen molar-refractivity contribution in [2.75, 3.05) is 0 Å². The number of hydrogen-bond acceptors (Lipinski definition) is 2. The molecule has 2 aromatic rings. The molecule has 3 heteroatoms. The van der Waals surface area contributed by atoms with Crippen molar-refractivity contribution in [3.63, 3.8) is 0 Å². The molecule has 1 aromatic carbocycles. The number of aromatic nitrogens is 1. The van der Waals surface area contributed by atoms with Crippen molar-refractivity contribution >= 4 is 10.9 Å². The number of fused-ring (bicyclic) bond motifs is 1. The quantitative estimate of drug-likeness (QED) is 0.757. The number of aliphatic hydroxyl groups excluding tert-OH is 1. The number of rotatable bonds is 3. The molecule has 1 aliphatic rings. The van der Waals surface area contributed by atoms with E-state index < -0.39 is 6.10 Å². The molecule has 0 bridgehead atoms. The van der Waals surface area contributed by atoms with Gasteiger partial charge in [0.2, 0.25) is 0 Å². The second-order valence-electron chi connectivity index (χ2n) is 5.03. The molecule has 1 aliphatic carbocycles. The maximum Gasteiger partial charge on any atom is 0.0760 e. The Morgan fingerprint density at radius 3 is 2.82 bits per heavy atom. The number of benzene rings is 1. The van der Waals surface area contributed by atoms with Crippen LogP contribution >= 0.6 is 0 Å². The van der Waals surface area contributed by atoms with Gasteiger partial charge in [0.05, 0.1) is 12.1 Å². The van der Waals surface area contributed by atoms with Crippen molar-refractivity contribution < 1.29 is 5.11 Å². The van der Waals surface area contributed by atoms with E-state index in [1.54, 1.807) is 0 Å². The lowest BCUT2D eigenvalue weighted by Crippen LogP contribution is -2.36. The van der Waals surface area contributed by atoms with Gasteiger partial charge in [-0.2, -0.15) is 0 Å². The first-order valence-corrected chi connectivity index (χ1v) is 6.26. The highest BCUT2D eigenvalue weighted by Crippen LogP contribution is 2.34. The standard InChI is InChI=1S/C14H18N2O/c15-13(14(17)9-2-1-3-9)11-4-5-12-10(8-11)6-7-16-12/h4-9,13-14,16-17H,1-3,15H2/t13-,14+/m0/s1. The van der Waals surface area contributed by atoms with Gasteiger partial charge < -0.3 is 15.8 Å². The van der Waals surface area contributed by atoms with E-state index in [-0.39, 0.29) is 6.04 Å². The van der Waals surface area contributed by atoms with E-state index in [1.165, 1.54) is 6.42 Å². The molecule has 90 valence electrons. The van der Waals surface area contributed by atoms with E-state index in [0.29, 0.717) is 5.92 Å². The lowest BCUT2D eigenvalue weighted by Gasteiger charge is -2.33. The van der Waals surface area contributed by atoms with Crippen LogP contribution in [-0.4, -0.2) is 16.2 Å². The Morgan fingerprint density at radius 1 is 1.29 bits per heavy atom. The Bertz CT molecular complexity index is 516. The fraction of sp³-hybridized carbons (Fsp3) is 0.429. The number of nitrogens with two attached hydrogens (primary N) is 1. The first-order valence-electron chi connectivity index (χ1n) is 6.26. The van der Waals surface area contributed by atoms with Gasteiger partial charge in [-0.25, -0.2) is 0 Å². The van der Waals surface area contributed by atoms with Crippen molar-refractivity contribution in [1.29, 1.82) is 0 Å². The molecule has 0 amide bonds. The van der Waals surface area contributed by atoms with Gasteiger partial charge in [0.25, 0.3) is 0 Å².